The van der Waals surface area contributed by atoms with Crippen LogP contribution in [0.2, 0.25) is 5.02 Å². The van der Waals surface area contributed by atoms with Crippen LogP contribution in [0.5, 0.6) is 0 Å². The summed E-state index contributed by atoms with van der Waals surface area (Å²) in [6.45, 7) is 8.14. The highest BCUT2D eigenvalue weighted by atomic mass is 35.5. The molecule has 0 bridgehead atoms. The Morgan fingerprint density at radius 3 is 2.53 bits per heavy atom. The summed E-state index contributed by atoms with van der Waals surface area (Å²) < 4.78 is 0. The molecule has 0 aromatic heterocycles. The minimum atomic E-state index is -0.140. The van der Waals surface area contributed by atoms with Crippen LogP contribution >= 0.6 is 23.2 Å². The first-order valence-corrected chi connectivity index (χ1v) is 7.30. The Kier molecular flexibility index (Phi) is 5.69. The number of alkyl halides is 1. The number of halogens is 2. The molecule has 0 aliphatic carbocycles. The van der Waals surface area contributed by atoms with Crippen LogP contribution in [0.25, 0.3) is 0 Å². The van der Waals surface area contributed by atoms with Crippen molar-refractivity contribution in [3.63, 3.8) is 0 Å². The zero-order chi connectivity index (χ0) is 14.6. The number of amides is 1. The summed E-state index contributed by atoms with van der Waals surface area (Å²) in [6, 6.07) is 5.49. The lowest BCUT2D eigenvalue weighted by Gasteiger charge is -2.31. The molecular weight excluding hydrogens is 281 g/mol. The second-order valence-electron chi connectivity index (χ2n) is 5.81. The van der Waals surface area contributed by atoms with Gasteiger partial charge in [-0.05, 0) is 30.4 Å². The fourth-order valence-electron chi connectivity index (χ4n) is 1.89. The van der Waals surface area contributed by atoms with E-state index in [1.54, 1.807) is 6.07 Å². The number of nitrogens with one attached hydrogen (secondary N) is 1. The van der Waals surface area contributed by atoms with Crippen LogP contribution in [0.1, 0.15) is 43.1 Å². The Bertz CT molecular complexity index is 452. The number of aryl methyl sites for hydroxylation is 1. The van der Waals surface area contributed by atoms with Gasteiger partial charge in [-0.25, -0.2) is 0 Å². The number of rotatable bonds is 4. The molecule has 1 amide bonds. The summed E-state index contributed by atoms with van der Waals surface area (Å²) in [5.74, 6) is 0.378. The predicted octanol–water partition coefficient (Wildman–Crippen LogP) is 4.42. The highest BCUT2D eigenvalue weighted by Gasteiger charge is 2.26. The summed E-state index contributed by atoms with van der Waals surface area (Å²) in [4.78, 5) is 12.3. The molecule has 1 aromatic carbocycles. The van der Waals surface area contributed by atoms with Crippen LogP contribution in [-0.2, 0) is 0 Å². The molecule has 4 heteroatoms. The summed E-state index contributed by atoms with van der Waals surface area (Å²) in [7, 11) is 0. The minimum Gasteiger partial charge on any atom is -0.349 e. The topological polar surface area (TPSA) is 29.1 Å². The van der Waals surface area contributed by atoms with Crippen molar-refractivity contribution in [2.75, 3.05) is 5.88 Å². The largest absolute Gasteiger partial charge is 0.349 e. The van der Waals surface area contributed by atoms with Gasteiger partial charge in [0.15, 0.2) is 0 Å². The lowest BCUT2D eigenvalue weighted by Crippen LogP contribution is -2.44. The lowest BCUT2D eigenvalue weighted by molar-refractivity contribution is 0.0900. The second-order valence-corrected chi connectivity index (χ2v) is 6.56. The number of hydrogen-bond acceptors (Lipinski definition) is 1. The molecular formula is C15H21Cl2NO. The molecule has 2 nitrogen and oxygen atoms in total. The van der Waals surface area contributed by atoms with Gasteiger partial charge in [0.1, 0.15) is 0 Å². The van der Waals surface area contributed by atoms with Crippen molar-refractivity contribution < 1.29 is 4.79 Å². The van der Waals surface area contributed by atoms with Crippen molar-refractivity contribution in [3.8, 4) is 0 Å². The first kappa shape index (κ1) is 16.3. The van der Waals surface area contributed by atoms with Crippen LogP contribution in [0.15, 0.2) is 18.2 Å². The number of benzene rings is 1. The van der Waals surface area contributed by atoms with E-state index in [1.165, 1.54) is 0 Å². The van der Waals surface area contributed by atoms with Crippen LogP contribution in [0.3, 0.4) is 0 Å². The van der Waals surface area contributed by atoms with E-state index in [-0.39, 0.29) is 17.4 Å². The number of carbonyl (C=O) groups is 1. The van der Waals surface area contributed by atoms with Gasteiger partial charge < -0.3 is 5.32 Å². The molecule has 0 heterocycles. The van der Waals surface area contributed by atoms with E-state index in [4.69, 9.17) is 23.2 Å². The molecule has 1 unspecified atom stereocenters. The van der Waals surface area contributed by atoms with Crippen molar-refractivity contribution in [3.05, 3.63) is 34.3 Å². The van der Waals surface area contributed by atoms with Gasteiger partial charge in [-0.3, -0.25) is 4.79 Å². The van der Waals surface area contributed by atoms with Gasteiger partial charge in [0, 0.05) is 11.9 Å². The zero-order valence-corrected chi connectivity index (χ0v) is 13.4. The van der Waals surface area contributed by atoms with Crippen LogP contribution < -0.4 is 5.32 Å². The first-order valence-electron chi connectivity index (χ1n) is 6.39. The van der Waals surface area contributed by atoms with E-state index in [1.807, 2.05) is 19.1 Å². The van der Waals surface area contributed by atoms with E-state index >= 15 is 0 Å². The summed E-state index contributed by atoms with van der Waals surface area (Å²) in [5.41, 5.74) is 1.38. The number of carbonyl (C=O) groups excluding carboxylic acids is 1. The molecule has 1 aromatic rings. The lowest BCUT2D eigenvalue weighted by atomic mass is 9.85. The Morgan fingerprint density at radius 1 is 1.37 bits per heavy atom. The Hall–Kier alpha value is -0.730. The fraction of sp³-hybridized carbons (Fsp3) is 0.533. The third-order valence-corrected chi connectivity index (χ3v) is 3.90. The van der Waals surface area contributed by atoms with E-state index < -0.39 is 0 Å². The molecule has 0 radical (unpaired) electrons. The van der Waals surface area contributed by atoms with E-state index in [2.05, 4.69) is 26.1 Å². The van der Waals surface area contributed by atoms with Gasteiger partial charge in [-0.15, -0.1) is 11.6 Å². The standard InChI is InChI=1S/C15H21Cl2NO/c1-10-6-5-7-11(13(10)17)14(19)18-12(8-9-16)15(2,3)4/h5-7,12H,8-9H2,1-4H3,(H,18,19). The van der Waals surface area contributed by atoms with Crippen molar-refractivity contribution in [1.82, 2.24) is 5.32 Å². The maximum Gasteiger partial charge on any atom is 0.253 e. The molecule has 19 heavy (non-hydrogen) atoms. The SMILES string of the molecule is Cc1cccc(C(=O)NC(CCCl)C(C)(C)C)c1Cl. The first-order chi connectivity index (χ1) is 8.77. The van der Waals surface area contributed by atoms with E-state index in [9.17, 15) is 4.79 Å². The smallest absolute Gasteiger partial charge is 0.253 e. The Morgan fingerprint density at radius 2 is 2.00 bits per heavy atom. The monoisotopic (exact) mass is 301 g/mol. The molecule has 1 rings (SSSR count). The summed E-state index contributed by atoms with van der Waals surface area (Å²) in [6.07, 6.45) is 0.736. The molecule has 0 saturated heterocycles. The van der Waals surface area contributed by atoms with E-state index in [0.717, 1.165) is 12.0 Å². The molecule has 0 fully saturated rings. The molecule has 0 aliphatic heterocycles. The summed E-state index contributed by atoms with van der Waals surface area (Å²) in [5, 5.41) is 3.55. The number of hydrogen-bond donors (Lipinski definition) is 1. The molecule has 0 aliphatic rings. The average Bonchev–Trinajstić information content (AvgIpc) is 2.30. The van der Waals surface area contributed by atoms with E-state index in [0.29, 0.717) is 16.5 Å². The van der Waals surface area contributed by atoms with Crippen LogP contribution in [0, 0.1) is 12.3 Å². The zero-order valence-electron chi connectivity index (χ0n) is 11.9. The minimum absolute atomic E-state index is 0.0223. The van der Waals surface area contributed by atoms with Crippen LogP contribution in [-0.4, -0.2) is 17.8 Å². The maximum atomic E-state index is 12.3. The molecule has 106 valence electrons. The van der Waals surface area contributed by atoms with Gasteiger partial charge >= 0.3 is 0 Å². The van der Waals surface area contributed by atoms with Crippen molar-refractivity contribution in [2.24, 2.45) is 5.41 Å². The second kappa shape index (κ2) is 6.62. The highest BCUT2D eigenvalue weighted by molar-refractivity contribution is 6.34. The maximum absolute atomic E-state index is 12.3. The normalized spacial score (nSPS) is 13.2. The highest BCUT2D eigenvalue weighted by Crippen LogP contribution is 2.24. The van der Waals surface area contributed by atoms with Crippen molar-refractivity contribution in [2.45, 2.75) is 40.2 Å². The van der Waals surface area contributed by atoms with Gasteiger partial charge in [-0.1, -0.05) is 44.5 Å². The Labute approximate surface area is 125 Å². The Balaban J connectivity index is 2.91. The fourth-order valence-corrected chi connectivity index (χ4v) is 2.32. The molecule has 0 saturated carbocycles. The van der Waals surface area contributed by atoms with Gasteiger partial charge in [0.05, 0.1) is 10.6 Å². The molecule has 0 spiro atoms. The molecule has 1 atom stereocenters. The van der Waals surface area contributed by atoms with Crippen molar-refractivity contribution in [1.29, 1.82) is 0 Å². The quantitative estimate of drug-likeness (QED) is 0.819. The molecule has 1 N–H and O–H groups in total. The third kappa shape index (κ3) is 4.39. The summed E-state index contributed by atoms with van der Waals surface area (Å²) >= 11 is 12.0. The predicted molar refractivity (Wildman–Crippen MR) is 82.2 cm³/mol. The van der Waals surface area contributed by atoms with Crippen LogP contribution in [0.4, 0.5) is 0 Å². The van der Waals surface area contributed by atoms with Gasteiger partial charge in [-0.2, -0.15) is 0 Å². The van der Waals surface area contributed by atoms with Gasteiger partial charge in [0.2, 0.25) is 0 Å². The average molecular weight is 302 g/mol. The third-order valence-electron chi connectivity index (χ3n) is 3.18. The van der Waals surface area contributed by atoms with Crippen molar-refractivity contribution >= 4 is 29.1 Å². The van der Waals surface area contributed by atoms with Gasteiger partial charge in [0.25, 0.3) is 5.91 Å².